The summed E-state index contributed by atoms with van der Waals surface area (Å²) in [6.07, 6.45) is 0. The maximum absolute atomic E-state index is 3.60. The van der Waals surface area contributed by atoms with Gasteiger partial charge in [-0.15, -0.1) is 0 Å². The fraction of sp³-hybridized carbons (Fsp3) is 0.250. The highest BCUT2D eigenvalue weighted by molar-refractivity contribution is 9.10. The highest BCUT2D eigenvalue weighted by atomic mass is 79.9. The van der Waals surface area contributed by atoms with Crippen molar-refractivity contribution in [1.82, 2.24) is 5.32 Å². The third kappa shape index (κ3) is 4.16. The number of hydrogen-bond acceptors (Lipinski definition) is 1. The van der Waals surface area contributed by atoms with Crippen molar-refractivity contribution < 1.29 is 0 Å². The van der Waals surface area contributed by atoms with Crippen molar-refractivity contribution in [3.63, 3.8) is 0 Å². The van der Waals surface area contributed by atoms with Crippen molar-refractivity contribution in [3.05, 3.63) is 68.6 Å². The molecule has 1 N–H and O–H groups in total. The minimum Gasteiger partial charge on any atom is -0.304 e. The maximum atomic E-state index is 3.60. The Morgan fingerprint density at radius 3 is 2.26 bits per heavy atom. The van der Waals surface area contributed by atoms with Crippen molar-refractivity contribution in [2.75, 3.05) is 0 Å². The number of halogens is 2. The topological polar surface area (TPSA) is 12.0 Å². The standard InChI is InChI=1S/C16H17Br2N/c1-16(2,13-6-8-14(17)9-7-13)19-11-12-4-3-5-15(18)10-12/h3-10,19H,11H2,1-2H3. The molecule has 0 spiro atoms. The molecule has 3 heteroatoms. The number of hydrogen-bond donors (Lipinski definition) is 1. The van der Waals surface area contributed by atoms with E-state index in [2.05, 4.69) is 93.5 Å². The van der Waals surface area contributed by atoms with Crippen molar-refractivity contribution in [3.8, 4) is 0 Å². The Hall–Kier alpha value is -0.640. The molecule has 2 rings (SSSR count). The van der Waals surface area contributed by atoms with Gasteiger partial charge in [-0.3, -0.25) is 0 Å². The van der Waals surface area contributed by atoms with E-state index < -0.39 is 0 Å². The fourth-order valence-corrected chi connectivity index (χ4v) is 2.65. The zero-order valence-corrected chi connectivity index (χ0v) is 14.3. The third-order valence-corrected chi connectivity index (χ3v) is 4.21. The van der Waals surface area contributed by atoms with E-state index in [1.165, 1.54) is 11.1 Å². The molecule has 19 heavy (non-hydrogen) atoms. The first-order chi connectivity index (χ1) is 8.97. The van der Waals surface area contributed by atoms with Gasteiger partial charge >= 0.3 is 0 Å². The second-order valence-electron chi connectivity index (χ2n) is 5.12. The van der Waals surface area contributed by atoms with Crippen molar-refractivity contribution >= 4 is 31.9 Å². The molecule has 0 aliphatic rings. The Kier molecular flexibility index (Phi) is 4.82. The molecule has 1 nitrogen and oxygen atoms in total. The lowest BCUT2D eigenvalue weighted by Gasteiger charge is -2.27. The van der Waals surface area contributed by atoms with Gasteiger partial charge in [-0.25, -0.2) is 0 Å². The summed E-state index contributed by atoms with van der Waals surface area (Å²) in [6.45, 7) is 5.25. The summed E-state index contributed by atoms with van der Waals surface area (Å²) < 4.78 is 2.23. The van der Waals surface area contributed by atoms with Crippen LogP contribution in [0.3, 0.4) is 0 Å². The van der Waals surface area contributed by atoms with Crippen LogP contribution in [0.5, 0.6) is 0 Å². The summed E-state index contributed by atoms with van der Waals surface area (Å²) in [4.78, 5) is 0. The van der Waals surface area contributed by atoms with E-state index in [-0.39, 0.29) is 5.54 Å². The lowest BCUT2D eigenvalue weighted by molar-refractivity contribution is 0.401. The van der Waals surface area contributed by atoms with E-state index in [9.17, 15) is 0 Å². The van der Waals surface area contributed by atoms with Gasteiger partial charge in [-0.2, -0.15) is 0 Å². The Balaban J connectivity index is 2.07. The molecule has 0 bridgehead atoms. The molecule has 0 unspecified atom stereocenters. The van der Waals surface area contributed by atoms with Gasteiger partial charge in [-0.1, -0.05) is 56.1 Å². The predicted molar refractivity (Wildman–Crippen MR) is 88.1 cm³/mol. The second-order valence-corrected chi connectivity index (χ2v) is 6.95. The second kappa shape index (κ2) is 6.21. The summed E-state index contributed by atoms with van der Waals surface area (Å²) in [5.74, 6) is 0. The largest absolute Gasteiger partial charge is 0.304 e. The first-order valence-corrected chi connectivity index (χ1v) is 7.81. The molecular weight excluding hydrogens is 366 g/mol. The van der Waals surface area contributed by atoms with E-state index in [4.69, 9.17) is 0 Å². The first kappa shape index (κ1) is 14.8. The maximum Gasteiger partial charge on any atom is 0.0380 e. The van der Waals surface area contributed by atoms with Gasteiger partial charge in [0.2, 0.25) is 0 Å². The smallest absolute Gasteiger partial charge is 0.0380 e. The molecular formula is C16H17Br2N. The predicted octanol–water partition coefficient (Wildman–Crippen LogP) is 5.24. The summed E-state index contributed by atoms with van der Waals surface area (Å²) in [7, 11) is 0. The minimum atomic E-state index is -0.0526. The van der Waals surface area contributed by atoms with E-state index >= 15 is 0 Å². The van der Waals surface area contributed by atoms with Crippen LogP contribution in [-0.2, 0) is 12.1 Å². The molecule has 0 fully saturated rings. The van der Waals surface area contributed by atoms with Gasteiger partial charge < -0.3 is 5.32 Å². The molecule has 0 aromatic heterocycles. The van der Waals surface area contributed by atoms with E-state index in [1.54, 1.807) is 0 Å². The van der Waals surface area contributed by atoms with Crippen LogP contribution in [0.4, 0.5) is 0 Å². The average Bonchev–Trinajstić information content (AvgIpc) is 2.37. The quantitative estimate of drug-likeness (QED) is 0.762. The van der Waals surface area contributed by atoms with Crippen molar-refractivity contribution in [1.29, 1.82) is 0 Å². The van der Waals surface area contributed by atoms with Gasteiger partial charge in [0.25, 0.3) is 0 Å². The zero-order chi connectivity index (χ0) is 13.9. The summed E-state index contributed by atoms with van der Waals surface area (Å²) in [6, 6.07) is 16.9. The molecule has 0 amide bonds. The molecule has 2 aromatic rings. The zero-order valence-electron chi connectivity index (χ0n) is 11.1. The third-order valence-electron chi connectivity index (χ3n) is 3.19. The number of benzene rings is 2. The molecule has 0 radical (unpaired) electrons. The van der Waals surface area contributed by atoms with E-state index in [1.807, 2.05) is 6.07 Å². The molecule has 0 saturated heterocycles. The van der Waals surface area contributed by atoms with Gasteiger partial charge in [0, 0.05) is 21.0 Å². The normalized spacial score (nSPS) is 11.6. The molecule has 0 heterocycles. The summed E-state index contributed by atoms with van der Waals surface area (Å²) >= 11 is 6.97. The lowest BCUT2D eigenvalue weighted by Crippen LogP contribution is -2.35. The Morgan fingerprint density at radius 2 is 1.63 bits per heavy atom. The monoisotopic (exact) mass is 381 g/mol. The molecule has 0 aliphatic carbocycles. The summed E-state index contributed by atoms with van der Waals surface area (Å²) in [5, 5.41) is 3.60. The van der Waals surface area contributed by atoms with Crippen LogP contribution >= 0.6 is 31.9 Å². The van der Waals surface area contributed by atoms with Gasteiger partial charge in [0.05, 0.1) is 0 Å². The van der Waals surface area contributed by atoms with Gasteiger partial charge in [0.1, 0.15) is 0 Å². The van der Waals surface area contributed by atoms with E-state index in [0.717, 1.165) is 15.5 Å². The SMILES string of the molecule is CC(C)(NCc1cccc(Br)c1)c1ccc(Br)cc1. The molecule has 100 valence electrons. The van der Waals surface area contributed by atoms with Crippen LogP contribution in [-0.4, -0.2) is 0 Å². The van der Waals surface area contributed by atoms with Gasteiger partial charge in [-0.05, 0) is 49.2 Å². The van der Waals surface area contributed by atoms with Crippen molar-refractivity contribution in [2.45, 2.75) is 25.9 Å². The fourth-order valence-electron chi connectivity index (χ4n) is 1.94. The highest BCUT2D eigenvalue weighted by Crippen LogP contribution is 2.23. The van der Waals surface area contributed by atoms with E-state index in [0.29, 0.717) is 0 Å². The molecule has 0 aliphatic heterocycles. The van der Waals surface area contributed by atoms with Crippen LogP contribution < -0.4 is 5.32 Å². The van der Waals surface area contributed by atoms with Crippen molar-refractivity contribution in [2.24, 2.45) is 0 Å². The van der Waals surface area contributed by atoms with Crippen LogP contribution in [0, 0.1) is 0 Å². The molecule has 0 saturated carbocycles. The lowest BCUT2D eigenvalue weighted by atomic mass is 9.94. The Labute approximate surface area is 131 Å². The highest BCUT2D eigenvalue weighted by Gasteiger charge is 2.19. The van der Waals surface area contributed by atoms with Crippen LogP contribution in [0.1, 0.15) is 25.0 Å². The average molecular weight is 383 g/mol. The van der Waals surface area contributed by atoms with Crippen LogP contribution in [0.25, 0.3) is 0 Å². The molecule has 2 aromatic carbocycles. The minimum absolute atomic E-state index is 0.0526. The number of nitrogens with one attached hydrogen (secondary N) is 1. The van der Waals surface area contributed by atoms with Crippen LogP contribution in [0.2, 0.25) is 0 Å². The number of rotatable bonds is 4. The Bertz CT molecular complexity index is 547. The van der Waals surface area contributed by atoms with Gasteiger partial charge in [0.15, 0.2) is 0 Å². The summed E-state index contributed by atoms with van der Waals surface area (Å²) in [5.41, 5.74) is 2.51. The van der Waals surface area contributed by atoms with Crippen LogP contribution in [0.15, 0.2) is 57.5 Å². The molecule has 0 atom stereocenters. The Morgan fingerprint density at radius 1 is 0.947 bits per heavy atom. The first-order valence-electron chi connectivity index (χ1n) is 6.23.